The first kappa shape index (κ1) is 14.5. The Morgan fingerprint density at radius 3 is 2.71 bits per heavy atom. The van der Waals surface area contributed by atoms with Gasteiger partial charge in [-0.05, 0) is 23.8 Å². The molecule has 0 aliphatic rings. The normalized spacial score (nSPS) is 9.95. The van der Waals surface area contributed by atoms with Gasteiger partial charge in [0.25, 0.3) is 5.69 Å². The van der Waals surface area contributed by atoms with Crippen LogP contribution in [0, 0.1) is 10.1 Å². The molecular weight excluding hydrogens is 274 g/mol. The minimum absolute atomic E-state index is 0.145. The van der Waals surface area contributed by atoms with Gasteiger partial charge < -0.3 is 9.47 Å². The summed E-state index contributed by atoms with van der Waals surface area (Å²) in [5, 5.41) is 10.7. The van der Waals surface area contributed by atoms with Gasteiger partial charge in [-0.3, -0.25) is 14.9 Å². The molecule has 0 atom stereocenters. The maximum atomic E-state index is 11.0. The van der Waals surface area contributed by atoms with Crippen LogP contribution < -0.4 is 9.47 Å². The Kier molecular flexibility index (Phi) is 4.50. The molecule has 0 spiro atoms. The smallest absolute Gasteiger partial charge is 0.270 e. The topological polar surface area (TPSA) is 78.7 Å². The van der Waals surface area contributed by atoms with Gasteiger partial charge in [0.05, 0.1) is 17.6 Å². The summed E-state index contributed by atoms with van der Waals surface area (Å²) in [5.74, 6) is 1.01. The molecule has 0 aliphatic heterocycles. The fourth-order valence-corrected chi connectivity index (χ4v) is 1.80. The number of ether oxygens (including phenoxy) is 2. The van der Waals surface area contributed by atoms with Crippen LogP contribution in [-0.4, -0.2) is 18.3 Å². The summed E-state index contributed by atoms with van der Waals surface area (Å²) in [6.07, 6.45) is 0.536. The Balaban J connectivity index is 2.15. The van der Waals surface area contributed by atoms with Gasteiger partial charge in [-0.2, -0.15) is 0 Å². The number of carbonyl (C=O) groups excluding carboxylic acids is 1. The summed E-state index contributed by atoms with van der Waals surface area (Å²) in [5.41, 5.74) is 0.863. The van der Waals surface area contributed by atoms with E-state index in [0.717, 1.165) is 5.56 Å². The molecule has 2 aromatic rings. The predicted molar refractivity (Wildman–Crippen MR) is 75.8 cm³/mol. The lowest BCUT2D eigenvalue weighted by molar-refractivity contribution is -0.384. The molecule has 6 heteroatoms. The van der Waals surface area contributed by atoms with Crippen LogP contribution in [0.4, 0.5) is 5.69 Å². The maximum absolute atomic E-state index is 11.0. The van der Waals surface area contributed by atoms with Crippen molar-refractivity contribution in [2.75, 3.05) is 7.11 Å². The van der Waals surface area contributed by atoms with Crippen molar-refractivity contribution in [3.05, 3.63) is 63.7 Å². The second-order valence-corrected chi connectivity index (χ2v) is 4.24. The van der Waals surface area contributed by atoms with Crippen LogP contribution in [0.25, 0.3) is 0 Å². The van der Waals surface area contributed by atoms with E-state index < -0.39 is 4.92 Å². The molecule has 2 aromatic carbocycles. The van der Waals surface area contributed by atoms with Crippen molar-refractivity contribution in [3.63, 3.8) is 0 Å². The molecule has 0 heterocycles. The van der Waals surface area contributed by atoms with Crippen molar-refractivity contribution in [3.8, 4) is 11.5 Å². The SMILES string of the molecule is COc1cccc(COc2ccc([N+](=O)[O-])cc2C=O)c1. The summed E-state index contributed by atoms with van der Waals surface area (Å²) < 4.78 is 10.6. The average molecular weight is 287 g/mol. The zero-order chi connectivity index (χ0) is 15.2. The van der Waals surface area contributed by atoms with Crippen molar-refractivity contribution in [2.24, 2.45) is 0 Å². The van der Waals surface area contributed by atoms with E-state index in [4.69, 9.17) is 9.47 Å². The zero-order valence-electron chi connectivity index (χ0n) is 11.3. The van der Waals surface area contributed by atoms with Crippen LogP contribution in [0.15, 0.2) is 42.5 Å². The van der Waals surface area contributed by atoms with E-state index >= 15 is 0 Å². The van der Waals surface area contributed by atoms with Crippen LogP contribution in [-0.2, 0) is 6.61 Å². The molecule has 6 nitrogen and oxygen atoms in total. The Morgan fingerprint density at radius 2 is 2.05 bits per heavy atom. The van der Waals surface area contributed by atoms with Gasteiger partial charge in [0.2, 0.25) is 0 Å². The van der Waals surface area contributed by atoms with E-state index in [1.165, 1.54) is 18.2 Å². The van der Waals surface area contributed by atoms with Crippen LogP contribution >= 0.6 is 0 Å². The second-order valence-electron chi connectivity index (χ2n) is 4.24. The Labute approximate surface area is 121 Å². The standard InChI is InChI=1S/C15H13NO5/c1-20-14-4-2-3-11(7-14)10-21-15-6-5-13(16(18)19)8-12(15)9-17/h2-9H,10H2,1H3. The number of nitrogens with zero attached hydrogens (tertiary/aromatic N) is 1. The number of nitro benzene ring substituents is 1. The Hall–Kier alpha value is -2.89. The molecule has 0 fully saturated rings. The predicted octanol–water partition coefficient (Wildman–Crippen LogP) is 2.99. The van der Waals surface area contributed by atoms with Gasteiger partial charge in [-0.1, -0.05) is 12.1 Å². The molecule has 0 N–H and O–H groups in total. The zero-order valence-corrected chi connectivity index (χ0v) is 11.3. The van der Waals surface area contributed by atoms with E-state index in [2.05, 4.69) is 0 Å². The molecule has 21 heavy (non-hydrogen) atoms. The lowest BCUT2D eigenvalue weighted by atomic mass is 10.2. The molecule has 0 aromatic heterocycles. The molecular formula is C15H13NO5. The molecule has 2 rings (SSSR count). The fourth-order valence-electron chi connectivity index (χ4n) is 1.80. The number of aldehydes is 1. The summed E-state index contributed by atoms with van der Waals surface area (Å²) >= 11 is 0. The number of nitro groups is 1. The molecule has 0 radical (unpaired) electrons. The first-order valence-electron chi connectivity index (χ1n) is 6.13. The van der Waals surface area contributed by atoms with Crippen molar-refractivity contribution in [2.45, 2.75) is 6.61 Å². The van der Waals surface area contributed by atoms with Gasteiger partial charge in [0, 0.05) is 12.1 Å². The number of methoxy groups -OCH3 is 1. The summed E-state index contributed by atoms with van der Waals surface area (Å²) in [7, 11) is 1.57. The third-order valence-electron chi connectivity index (χ3n) is 2.86. The first-order chi connectivity index (χ1) is 10.1. The van der Waals surface area contributed by atoms with Crippen molar-refractivity contribution in [1.29, 1.82) is 0 Å². The molecule has 0 unspecified atom stereocenters. The largest absolute Gasteiger partial charge is 0.497 e. The second kappa shape index (κ2) is 6.51. The van der Waals surface area contributed by atoms with Gasteiger partial charge in [0.15, 0.2) is 6.29 Å². The summed E-state index contributed by atoms with van der Waals surface area (Å²) in [6.45, 7) is 0.232. The highest BCUT2D eigenvalue weighted by Crippen LogP contribution is 2.24. The summed E-state index contributed by atoms with van der Waals surface area (Å²) in [4.78, 5) is 21.1. The minimum atomic E-state index is -0.557. The van der Waals surface area contributed by atoms with Crippen molar-refractivity contribution < 1.29 is 19.2 Å². The molecule has 0 saturated carbocycles. The van der Waals surface area contributed by atoms with E-state index in [1.54, 1.807) is 7.11 Å². The van der Waals surface area contributed by atoms with Crippen LogP contribution in [0.5, 0.6) is 11.5 Å². The van der Waals surface area contributed by atoms with Gasteiger partial charge in [-0.15, -0.1) is 0 Å². The number of benzene rings is 2. The lowest BCUT2D eigenvalue weighted by Crippen LogP contribution is -1.99. The van der Waals surface area contributed by atoms with E-state index in [1.807, 2.05) is 24.3 Å². The number of hydrogen-bond donors (Lipinski definition) is 0. The van der Waals surface area contributed by atoms with Crippen LogP contribution in [0.1, 0.15) is 15.9 Å². The highest BCUT2D eigenvalue weighted by molar-refractivity contribution is 5.80. The number of hydrogen-bond acceptors (Lipinski definition) is 5. The van der Waals surface area contributed by atoms with Gasteiger partial charge >= 0.3 is 0 Å². The van der Waals surface area contributed by atoms with Crippen LogP contribution in [0.2, 0.25) is 0 Å². The quantitative estimate of drug-likeness (QED) is 0.463. The summed E-state index contributed by atoms with van der Waals surface area (Å²) in [6, 6.07) is 11.2. The van der Waals surface area contributed by atoms with E-state index in [-0.39, 0.29) is 17.9 Å². The fraction of sp³-hybridized carbons (Fsp3) is 0.133. The number of non-ortho nitro benzene ring substituents is 1. The third-order valence-corrected chi connectivity index (χ3v) is 2.86. The molecule has 0 saturated heterocycles. The maximum Gasteiger partial charge on any atom is 0.270 e. The molecule has 0 amide bonds. The van der Waals surface area contributed by atoms with Gasteiger partial charge in [-0.25, -0.2) is 0 Å². The van der Waals surface area contributed by atoms with Crippen molar-refractivity contribution in [1.82, 2.24) is 0 Å². The highest BCUT2D eigenvalue weighted by Gasteiger charge is 2.11. The number of carbonyl (C=O) groups is 1. The minimum Gasteiger partial charge on any atom is -0.497 e. The first-order valence-corrected chi connectivity index (χ1v) is 6.13. The Morgan fingerprint density at radius 1 is 1.24 bits per heavy atom. The molecule has 108 valence electrons. The van der Waals surface area contributed by atoms with E-state index in [0.29, 0.717) is 17.8 Å². The monoisotopic (exact) mass is 287 g/mol. The molecule has 0 aliphatic carbocycles. The third kappa shape index (κ3) is 3.56. The Bertz CT molecular complexity index is 669. The van der Waals surface area contributed by atoms with E-state index in [9.17, 15) is 14.9 Å². The van der Waals surface area contributed by atoms with Gasteiger partial charge in [0.1, 0.15) is 18.1 Å². The number of rotatable bonds is 6. The lowest BCUT2D eigenvalue weighted by Gasteiger charge is -2.09. The highest BCUT2D eigenvalue weighted by atomic mass is 16.6. The molecule has 0 bridgehead atoms. The van der Waals surface area contributed by atoms with Crippen LogP contribution in [0.3, 0.4) is 0 Å². The van der Waals surface area contributed by atoms with Crippen molar-refractivity contribution >= 4 is 12.0 Å². The average Bonchev–Trinajstić information content (AvgIpc) is 2.52.